The molecule has 0 aliphatic heterocycles. The van der Waals surface area contributed by atoms with E-state index in [2.05, 4.69) is 21.9 Å². The second-order valence-corrected chi connectivity index (χ2v) is 2.29. The first-order chi connectivity index (χ1) is 5.43. The first kappa shape index (κ1) is 8.01. The SMILES string of the molecule is C=CCCNCc1ncc[nH]1. The molecule has 0 atom stereocenters. The number of hydrogen-bond acceptors (Lipinski definition) is 2. The van der Waals surface area contributed by atoms with E-state index in [-0.39, 0.29) is 0 Å². The van der Waals surface area contributed by atoms with E-state index in [4.69, 9.17) is 0 Å². The second-order valence-electron chi connectivity index (χ2n) is 2.29. The molecule has 0 spiro atoms. The van der Waals surface area contributed by atoms with Crippen molar-refractivity contribution >= 4 is 0 Å². The summed E-state index contributed by atoms with van der Waals surface area (Å²) in [6.07, 6.45) is 6.48. The van der Waals surface area contributed by atoms with Crippen molar-refractivity contribution in [1.82, 2.24) is 15.3 Å². The van der Waals surface area contributed by atoms with Gasteiger partial charge in [0.15, 0.2) is 0 Å². The Labute approximate surface area is 66.5 Å². The Bertz CT molecular complexity index is 191. The molecule has 0 aromatic carbocycles. The minimum absolute atomic E-state index is 0.806. The van der Waals surface area contributed by atoms with E-state index in [1.54, 1.807) is 6.20 Å². The van der Waals surface area contributed by atoms with E-state index in [1.165, 1.54) is 0 Å². The number of H-pyrrole nitrogens is 1. The van der Waals surface area contributed by atoms with Crippen LogP contribution in [-0.4, -0.2) is 16.5 Å². The molecule has 3 heteroatoms. The van der Waals surface area contributed by atoms with Crippen LogP contribution in [0, 0.1) is 0 Å². The minimum atomic E-state index is 0.806. The molecule has 60 valence electrons. The van der Waals surface area contributed by atoms with Crippen LogP contribution in [0.25, 0.3) is 0 Å². The molecule has 0 aliphatic rings. The van der Waals surface area contributed by atoms with Gasteiger partial charge in [-0.3, -0.25) is 0 Å². The normalized spacial score (nSPS) is 9.82. The first-order valence-electron chi connectivity index (χ1n) is 3.73. The fourth-order valence-corrected chi connectivity index (χ4v) is 0.806. The quantitative estimate of drug-likeness (QED) is 0.488. The molecule has 1 heterocycles. The van der Waals surface area contributed by atoms with Gasteiger partial charge in [0, 0.05) is 12.4 Å². The molecule has 0 unspecified atom stereocenters. The fourth-order valence-electron chi connectivity index (χ4n) is 0.806. The van der Waals surface area contributed by atoms with Crippen molar-refractivity contribution in [1.29, 1.82) is 0 Å². The number of aromatic amines is 1. The largest absolute Gasteiger partial charge is 0.348 e. The van der Waals surface area contributed by atoms with E-state index in [0.29, 0.717) is 0 Å². The van der Waals surface area contributed by atoms with Gasteiger partial charge in [-0.2, -0.15) is 0 Å². The van der Waals surface area contributed by atoms with Crippen LogP contribution >= 0.6 is 0 Å². The molecule has 0 fully saturated rings. The molecular weight excluding hydrogens is 138 g/mol. The number of nitrogens with zero attached hydrogens (tertiary/aromatic N) is 1. The van der Waals surface area contributed by atoms with E-state index >= 15 is 0 Å². The van der Waals surface area contributed by atoms with Gasteiger partial charge in [-0.15, -0.1) is 6.58 Å². The summed E-state index contributed by atoms with van der Waals surface area (Å²) in [7, 11) is 0. The Morgan fingerprint density at radius 2 is 2.64 bits per heavy atom. The summed E-state index contributed by atoms with van der Waals surface area (Å²) in [5, 5.41) is 3.22. The Morgan fingerprint density at radius 3 is 3.27 bits per heavy atom. The van der Waals surface area contributed by atoms with Gasteiger partial charge in [-0.05, 0) is 13.0 Å². The molecule has 0 aliphatic carbocycles. The predicted octanol–water partition coefficient (Wildman–Crippen LogP) is 1.08. The lowest BCUT2D eigenvalue weighted by Crippen LogP contribution is -2.14. The van der Waals surface area contributed by atoms with Gasteiger partial charge in [0.1, 0.15) is 5.82 Å². The summed E-state index contributed by atoms with van der Waals surface area (Å²) >= 11 is 0. The van der Waals surface area contributed by atoms with Crippen LogP contribution in [0.15, 0.2) is 25.0 Å². The third-order valence-corrected chi connectivity index (χ3v) is 1.37. The summed E-state index contributed by atoms with van der Waals surface area (Å²) in [4.78, 5) is 7.08. The second kappa shape index (κ2) is 4.68. The van der Waals surface area contributed by atoms with Crippen LogP contribution in [-0.2, 0) is 6.54 Å². The van der Waals surface area contributed by atoms with E-state index in [9.17, 15) is 0 Å². The van der Waals surface area contributed by atoms with Crippen LogP contribution in [0.4, 0.5) is 0 Å². The third-order valence-electron chi connectivity index (χ3n) is 1.37. The summed E-state index contributed by atoms with van der Waals surface area (Å²) in [6, 6.07) is 0. The summed E-state index contributed by atoms with van der Waals surface area (Å²) in [6.45, 7) is 5.40. The standard InChI is InChI=1S/C8H13N3/c1-2-3-4-9-7-8-10-5-6-11-8/h2,5-6,9H,1,3-4,7H2,(H,10,11). The lowest BCUT2D eigenvalue weighted by Gasteiger charge is -1.97. The molecule has 0 saturated heterocycles. The minimum Gasteiger partial charge on any atom is -0.348 e. The summed E-state index contributed by atoms with van der Waals surface area (Å²) < 4.78 is 0. The zero-order valence-corrected chi connectivity index (χ0v) is 6.51. The number of aromatic nitrogens is 2. The van der Waals surface area contributed by atoms with Crippen molar-refractivity contribution in [2.75, 3.05) is 6.54 Å². The Hall–Kier alpha value is -1.09. The van der Waals surface area contributed by atoms with Crippen LogP contribution in [0.2, 0.25) is 0 Å². The van der Waals surface area contributed by atoms with Crippen molar-refractivity contribution in [3.8, 4) is 0 Å². The maximum atomic E-state index is 4.07. The van der Waals surface area contributed by atoms with Gasteiger partial charge in [0.25, 0.3) is 0 Å². The van der Waals surface area contributed by atoms with Crippen molar-refractivity contribution < 1.29 is 0 Å². The highest BCUT2D eigenvalue weighted by atomic mass is 15.0. The average Bonchev–Trinajstić information content (AvgIpc) is 2.50. The molecule has 2 N–H and O–H groups in total. The van der Waals surface area contributed by atoms with E-state index in [0.717, 1.165) is 25.3 Å². The lowest BCUT2D eigenvalue weighted by atomic mass is 10.4. The van der Waals surface area contributed by atoms with Gasteiger partial charge >= 0.3 is 0 Å². The van der Waals surface area contributed by atoms with Crippen LogP contribution < -0.4 is 5.32 Å². The molecule has 0 amide bonds. The van der Waals surface area contributed by atoms with Gasteiger partial charge < -0.3 is 10.3 Å². The predicted molar refractivity (Wildman–Crippen MR) is 45.1 cm³/mol. The monoisotopic (exact) mass is 151 g/mol. The topological polar surface area (TPSA) is 40.7 Å². The summed E-state index contributed by atoms with van der Waals surface area (Å²) in [5.74, 6) is 0.981. The van der Waals surface area contributed by atoms with Gasteiger partial charge in [0.05, 0.1) is 6.54 Å². The Balaban J connectivity index is 2.09. The van der Waals surface area contributed by atoms with Crippen molar-refractivity contribution in [3.05, 3.63) is 30.9 Å². The molecule has 0 bridgehead atoms. The van der Waals surface area contributed by atoms with E-state index in [1.807, 2.05) is 12.3 Å². The maximum absolute atomic E-state index is 4.07. The molecule has 1 aromatic rings. The molecule has 11 heavy (non-hydrogen) atoms. The smallest absolute Gasteiger partial charge is 0.120 e. The third kappa shape index (κ3) is 3.00. The number of nitrogens with one attached hydrogen (secondary N) is 2. The van der Waals surface area contributed by atoms with Crippen LogP contribution in [0.3, 0.4) is 0 Å². The Morgan fingerprint density at radius 1 is 1.73 bits per heavy atom. The highest BCUT2D eigenvalue weighted by Gasteiger charge is 1.90. The zero-order chi connectivity index (χ0) is 7.94. The van der Waals surface area contributed by atoms with Gasteiger partial charge in [0.2, 0.25) is 0 Å². The highest BCUT2D eigenvalue weighted by molar-refractivity contribution is 4.85. The van der Waals surface area contributed by atoms with Crippen LogP contribution in [0.1, 0.15) is 12.2 Å². The van der Waals surface area contributed by atoms with E-state index < -0.39 is 0 Å². The zero-order valence-electron chi connectivity index (χ0n) is 6.51. The molecule has 1 aromatic heterocycles. The lowest BCUT2D eigenvalue weighted by molar-refractivity contribution is 0.672. The first-order valence-corrected chi connectivity index (χ1v) is 3.73. The van der Waals surface area contributed by atoms with Crippen molar-refractivity contribution in [3.63, 3.8) is 0 Å². The fraction of sp³-hybridized carbons (Fsp3) is 0.375. The molecule has 1 rings (SSSR count). The maximum Gasteiger partial charge on any atom is 0.120 e. The highest BCUT2D eigenvalue weighted by Crippen LogP contribution is 1.86. The van der Waals surface area contributed by atoms with Gasteiger partial charge in [-0.1, -0.05) is 6.08 Å². The van der Waals surface area contributed by atoms with Crippen molar-refractivity contribution in [2.24, 2.45) is 0 Å². The van der Waals surface area contributed by atoms with Gasteiger partial charge in [-0.25, -0.2) is 4.98 Å². The molecule has 3 nitrogen and oxygen atoms in total. The van der Waals surface area contributed by atoms with Crippen LogP contribution in [0.5, 0.6) is 0 Å². The number of hydrogen-bond donors (Lipinski definition) is 2. The Kier molecular flexibility index (Phi) is 3.41. The molecule has 0 radical (unpaired) electrons. The average molecular weight is 151 g/mol. The number of rotatable bonds is 5. The number of imidazole rings is 1. The molecule has 0 saturated carbocycles. The summed E-state index contributed by atoms with van der Waals surface area (Å²) in [5.41, 5.74) is 0. The molecular formula is C8H13N3. The van der Waals surface area contributed by atoms with Crippen molar-refractivity contribution in [2.45, 2.75) is 13.0 Å².